The first-order valence-electron chi connectivity index (χ1n) is 10.0. The summed E-state index contributed by atoms with van der Waals surface area (Å²) >= 11 is 1.42. The zero-order valence-corrected chi connectivity index (χ0v) is 16.7. The van der Waals surface area contributed by atoms with E-state index in [0.29, 0.717) is 10.6 Å². The van der Waals surface area contributed by atoms with Crippen molar-refractivity contribution in [3.8, 4) is 0 Å². The molecule has 1 amide bonds. The number of aliphatic carboxylic acids is 1. The molecule has 0 aromatic carbocycles. The number of carboxylic acid groups (broad SMARTS) is 1. The predicted octanol–water partition coefficient (Wildman–Crippen LogP) is 2.32. The highest BCUT2D eigenvalue weighted by molar-refractivity contribution is 7.17. The molecule has 2 bridgehead atoms. The monoisotopic (exact) mass is 402 g/mol. The molecule has 0 radical (unpaired) electrons. The first kappa shape index (κ1) is 19.2. The lowest BCUT2D eigenvalue weighted by Crippen LogP contribution is -2.51. The maximum atomic E-state index is 13.1. The van der Waals surface area contributed by atoms with Gasteiger partial charge in [0.15, 0.2) is 0 Å². The maximum Gasteiger partial charge on any atom is 0.341 e. The van der Waals surface area contributed by atoms with Crippen LogP contribution in [0.4, 0.5) is 5.00 Å². The molecule has 7 heteroatoms. The molecule has 0 spiro atoms. The van der Waals surface area contributed by atoms with Crippen molar-refractivity contribution in [3.63, 3.8) is 0 Å². The Morgan fingerprint density at radius 1 is 1.14 bits per heavy atom. The van der Waals surface area contributed by atoms with Gasteiger partial charge in [0.25, 0.3) is 0 Å². The number of ether oxygens (including phenoxy) is 1. The van der Waals surface area contributed by atoms with Crippen molar-refractivity contribution in [3.05, 3.63) is 28.2 Å². The van der Waals surface area contributed by atoms with E-state index in [1.807, 2.05) is 12.2 Å². The van der Waals surface area contributed by atoms with Gasteiger partial charge in [0.05, 0.1) is 18.1 Å². The van der Waals surface area contributed by atoms with Crippen LogP contribution in [0.5, 0.6) is 0 Å². The second-order valence-corrected chi connectivity index (χ2v) is 8.89. The molecule has 1 aromatic rings. The van der Waals surface area contributed by atoms with Crippen LogP contribution in [-0.4, -0.2) is 24.5 Å². The van der Waals surface area contributed by atoms with Gasteiger partial charge < -0.3 is 20.0 Å². The minimum Gasteiger partial charge on any atom is -0.550 e. The van der Waals surface area contributed by atoms with E-state index in [9.17, 15) is 19.5 Å². The molecule has 1 saturated carbocycles. The Bertz CT molecular complexity index is 842. The number of carbonyl (C=O) groups is 3. The molecular formula is C21H24NO5S-. The standard InChI is InChI=1S/C21H25NO5S/c1-2-27-21(26)17-13-5-3-4-6-14(13)28-19(17)22-18(23)15-11-7-9-12(10-8-11)16(15)20(24)25/h7,9,11-12,15-16H,2-6,8,10H2,1H3,(H,22,23)(H,24,25)/p-1/t11-,12+,15-,16+/m1/s1. The summed E-state index contributed by atoms with van der Waals surface area (Å²) in [5, 5.41) is 15.1. The van der Waals surface area contributed by atoms with Crippen LogP contribution < -0.4 is 10.4 Å². The number of thiophene rings is 1. The molecule has 6 nitrogen and oxygen atoms in total. The maximum absolute atomic E-state index is 13.1. The van der Waals surface area contributed by atoms with Crippen molar-refractivity contribution in [1.82, 2.24) is 0 Å². The molecule has 4 aliphatic carbocycles. The number of hydrogen-bond acceptors (Lipinski definition) is 6. The topological polar surface area (TPSA) is 95.5 Å². The third-order valence-electron chi connectivity index (χ3n) is 6.21. The van der Waals surface area contributed by atoms with Gasteiger partial charge in [-0.1, -0.05) is 12.2 Å². The molecule has 5 rings (SSSR count). The third-order valence-corrected chi connectivity index (χ3v) is 7.42. The van der Waals surface area contributed by atoms with E-state index in [-0.39, 0.29) is 24.3 Å². The van der Waals surface area contributed by atoms with E-state index >= 15 is 0 Å². The molecule has 1 N–H and O–H groups in total. The Labute approximate surface area is 168 Å². The summed E-state index contributed by atoms with van der Waals surface area (Å²) < 4.78 is 5.23. The molecule has 1 fully saturated rings. The number of hydrogen-bond donors (Lipinski definition) is 1. The Hall–Kier alpha value is -2.15. The fourth-order valence-corrected chi connectivity index (χ4v) is 6.22. The average molecular weight is 402 g/mol. The number of fused-ring (bicyclic) bond motifs is 3. The Balaban J connectivity index is 1.64. The van der Waals surface area contributed by atoms with E-state index in [4.69, 9.17) is 4.74 Å². The van der Waals surface area contributed by atoms with Gasteiger partial charge in [-0.15, -0.1) is 11.3 Å². The van der Waals surface area contributed by atoms with E-state index < -0.39 is 23.8 Å². The van der Waals surface area contributed by atoms with Crippen LogP contribution in [0.1, 0.15) is 53.4 Å². The van der Waals surface area contributed by atoms with E-state index in [1.165, 1.54) is 11.3 Å². The summed E-state index contributed by atoms with van der Waals surface area (Å²) in [6, 6.07) is 0. The van der Waals surface area contributed by atoms with Crippen LogP contribution in [0.15, 0.2) is 12.2 Å². The number of nitrogens with one attached hydrogen (secondary N) is 1. The van der Waals surface area contributed by atoms with Crippen LogP contribution in [0, 0.1) is 23.7 Å². The lowest BCUT2D eigenvalue weighted by molar-refractivity contribution is -0.316. The Morgan fingerprint density at radius 3 is 2.46 bits per heavy atom. The summed E-state index contributed by atoms with van der Waals surface area (Å²) in [5.41, 5.74) is 1.43. The first-order valence-corrected chi connectivity index (χ1v) is 10.8. The van der Waals surface area contributed by atoms with Crippen LogP contribution >= 0.6 is 11.3 Å². The average Bonchev–Trinajstić information content (AvgIpc) is 3.06. The number of allylic oxidation sites excluding steroid dienone is 2. The van der Waals surface area contributed by atoms with Gasteiger partial charge in [-0.05, 0) is 62.8 Å². The van der Waals surface area contributed by atoms with Crippen molar-refractivity contribution in [2.24, 2.45) is 23.7 Å². The molecule has 4 atom stereocenters. The summed E-state index contributed by atoms with van der Waals surface area (Å²) in [4.78, 5) is 38.6. The molecule has 28 heavy (non-hydrogen) atoms. The largest absolute Gasteiger partial charge is 0.550 e. The van der Waals surface area contributed by atoms with Crippen LogP contribution in [0.25, 0.3) is 0 Å². The van der Waals surface area contributed by atoms with Crippen molar-refractivity contribution in [2.75, 3.05) is 11.9 Å². The molecule has 1 aromatic heterocycles. The zero-order chi connectivity index (χ0) is 19.8. The summed E-state index contributed by atoms with van der Waals surface area (Å²) in [5.74, 6) is -3.67. The molecule has 1 heterocycles. The summed E-state index contributed by atoms with van der Waals surface area (Å²) in [7, 11) is 0. The summed E-state index contributed by atoms with van der Waals surface area (Å²) in [6.07, 6.45) is 9.20. The number of esters is 1. The van der Waals surface area contributed by atoms with E-state index in [0.717, 1.165) is 49.0 Å². The van der Waals surface area contributed by atoms with Gasteiger partial charge in [-0.3, -0.25) is 4.79 Å². The number of carboxylic acids is 1. The van der Waals surface area contributed by atoms with Crippen molar-refractivity contribution in [1.29, 1.82) is 0 Å². The highest BCUT2D eigenvalue weighted by atomic mass is 32.1. The molecule has 0 unspecified atom stereocenters. The van der Waals surface area contributed by atoms with Gasteiger partial charge >= 0.3 is 5.97 Å². The zero-order valence-electron chi connectivity index (χ0n) is 15.9. The highest BCUT2D eigenvalue weighted by Gasteiger charge is 2.45. The minimum absolute atomic E-state index is 0.103. The molecule has 0 aliphatic heterocycles. The van der Waals surface area contributed by atoms with Crippen LogP contribution in [0.2, 0.25) is 0 Å². The Morgan fingerprint density at radius 2 is 1.82 bits per heavy atom. The second-order valence-electron chi connectivity index (χ2n) is 7.79. The third kappa shape index (κ3) is 3.26. The first-order chi connectivity index (χ1) is 13.5. The van der Waals surface area contributed by atoms with Crippen molar-refractivity contribution < 1.29 is 24.2 Å². The fraction of sp³-hybridized carbons (Fsp3) is 0.571. The van der Waals surface area contributed by atoms with Crippen LogP contribution in [0.3, 0.4) is 0 Å². The number of aryl methyl sites for hydroxylation is 1. The van der Waals surface area contributed by atoms with Crippen molar-refractivity contribution >= 4 is 34.2 Å². The number of amides is 1. The Kier molecular flexibility index (Phi) is 5.27. The number of carbonyl (C=O) groups excluding carboxylic acids is 3. The van der Waals surface area contributed by atoms with Gasteiger partial charge in [0.2, 0.25) is 5.91 Å². The van der Waals surface area contributed by atoms with E-state index in [1.54, 1.807) is 6.92 Å². The van der Waals surface area contributed by atoms with Crippen molar-refractivity contribution in [2.45, 2.75) is 45.4 Å². The van der Waals surface area contributed by atoms with Gasteiger partial charge in [-0.25, -0.2) is 4.79 Å². The number of anilines is 1. The van der Waals surface area contributed by atoms with Gasteiger partial charge in [-0.2, -0.15) is 0 Å². The minimum atomic E-state index is -1.17. The summed E-state index contributed by atoms with van der Waals surface area (Å²) in [6.45, 7) is 2.02. The van der Waals surface area contributed by atoms with Gasteiger partial charge in [0.1, 0.15) is 5.00 Å². The fourth-order valence-electron chi connectivity index (χ4n) is 4.94. The molecule has 150 valence electrons. The smallest absolute Gasteiger partial charge is 0.341 e. The molecule has 0 saturated heterocycles. The lowest BCUT2D eigenvalue weighted by atomic mass is 9.62. The highest BCUT2D eigenvalue weighted by Crippen LogP contribution is 2.46. The normalized spacial score (nSPS) is 27.9. The lowest BCUT2D eigenvalue weighted by Gasteiger charge is -2.44. The quantitative estimate of drug-likeness (QED) is 0.602. The van der Waals surface area contributed by atoms with Gasteiger partial charge in [0, 0.05) is 16.8 Å². The second kappa shape index (κ2) is 7.70. The van der Waals surface area contributed by atoms with E-state index in [2.05, 4.69) is 5.32 Å². The number of rotatable bonds is 5. The predicted molar refractivity (Wildman–Crippen MR) is 103 cm³/mol. The molecular weight excluding hydrogens is 378 g/mol. The SMILES string of the molecule is CCOC(=O)c1c(NC(=O)[C@H]2[C@@H](C(=O)[O-])[C@H]3C=C[C@@H]2CC3)sc2c1CCCC2. The molecule has 4 aliphatic rings. The van der Waals surface area contributed by atoms with Crippen LogP contribution in [-0.2, 0) is 27.2 Å².